The van der Waals surface area contributed by atoms with Crippen LogP contribution in [-0.2, 0) is 0 Å². The largest absolute Gasteiger partial charge is 0.393 e. The zero-order valence-electron chi connectivity index (χ0n) is 10.7. The number of nitro benzene ring substituents is 1. The third kappa shape index (κ3) is 2.94. The predicted molar refractivity (Wildman–Crippen MR) is 77.7 cm³/mol. The summed E-state index contributed by atoms with van der Waals surface area (Å²) >= 11 is 1.55. The van der Waals surface area contributed by atoms with E-state index in [1.165, 1.54) is 18.2 Å². The molecule has 0 fully saturated rings. The summed E-state index contributed by atoms with van der Waals surface area (Å²) in [4.78, 5) is 22.1. The molecule has 0 aliphatic heterocycles. The van der Waals surface area contributed by atoms with E-state index in [0.717, 1.165) is 5.56 Å². The van der Waals surface area contributed by atoms with Crippen LogP contribution in [-0.4, -0.2) is 10.8 Å². The van der Waals surface area contributed by atoms with Crippen molar-refractivity contribution in [3.63, 3.8) is 0 Å². The van der Waals surface area contributed by atoms with Gasteiger partial charge in [0.15, 0.2) is 0 Å². The molecule has 0 radical (unpaired) electrons. The van der Waals surface area contributed by atoms with Gasteiger partial charge in [-0.1, -0.05) is 0 Å². The van der Waals surface area contributed by atoms with Crippen molar-refractivity contribution in [3.8, 4) is 0 Å². The van der Waals surface area contributed by atoms with E-state index in [0.29, 0.717) is 5.56 Å². The van der Waals surface area contributed by atoms with Crippen LogP contribution in [0.25, 0.3) is 0 Å². The molecule has 1 heterocycles. The van der Waals surface area contributed by atoms with Gasteiger partial charge < -0.3 is 11.1 Å². The molecule has 0 bridgehead atoms. The van der Waals surface area contributed by atoms with Crippen molar-refractivity contribution in [2.75, 3.05) is 5.73 Å². The molecule has 1 unspecified atom stereocenters. The lowest BCUT2D eigenvalue weighted by atomic mass is 10.1. The van der Waals surface area contributed by atoms with Crippen LogP contribution in [0.15, 0.2) is 35.0 Å². The summed E-state index contributed by atoms with van der Waals surface area (Å²) in [5.41, 5.74) is 6.66. The van der Waals surface area contributed by atoms with Gasteiger partial charge in [-0.25, -0.2) is 0 Å². The fourth-order valence-corrected chi connectivity index (χ4v) is 2.50. The van der Waals surface area contributed by atoms with Crippen LogP contribution in [0.5, 0.6) is 0 Å². The molecule has 3 N–H and O–H groups in total. The van der Waals surface area contributed by atoms with Crippen LogP contribution in [0.1, 0.15) is 28.9 Å². The monoisotopic (exact) mass is 291 g/mol. The number of nitrogens with two attached hydrogens (primary N) is 1. The number of nitrogen functional groups attached to an aromatic ring is 1. The fraction of sp³-hybridized carbons (Fsp3) is 0.154. The summed E-state index contributed by atoms with van der Waals surface area (Å²) in [5, 5.41) is 17.4. The number of amides is 1. The molecule has 1 amide bonds. The Kier molecular flexibility index (Phi) is 3.99. The number of thiophene rings is 1. The lowest BCUT2D eigenvalue weighted by Crippen LogP contribution is -2.26. The summed E-state index contributed by atoms with van der Waals surface area (Å²) in [5.74, 6) is -0.315. The Hall–Kier alpha value is -2.41. The van der Waals surface area contributed by atoms with Gasteiger partial charge >= 0.3 is 0 Å². The van der Waals surface area contributed by atoms with E-state index in [1.807, 2.05) is 23.8 Å². The van der Waals surface area contributed by atoms with E-state index in [4.69, 9.17) is 5.73 Å². The van der Waals surface area contributed by atoms with Gasteiger partial charge in [-0.2, -0.15) is 11.3 Å². The summed E-state index contributed by atoms with van der Waals surface area (Å²) in [7, 11) is 0. The van der Waals surface area contributed by atoms with E-state index in [-0.39, 0.29) is 23.3 Å². The third-order valence-corrected chi connectivity index (χ3v) is 3.58. The first-order valence-electron chi connectivity index (χ1n) is 5.86. The Morgan fingerprint density at radius 2 is 2.20 bits per heavy atom. The first-order valence-corrected chi connectivity index (χ1v) is 6.80. The van der Waals surface area contributed by atoms with Gasteiger partial charge in [-0.15, -0.1) is 0 Å². The van der Waals surface area contributed by atoms with Crippen LogP contribution in [0, 0.1) is 10.1 Å². The fourth-order valence-electron chi connectivity index (χ4n) is 1.75. The molecule has 1 aromatic heterocycles. The van der Waals surface area contributed by atoms with Crippen LogP contribution < -0.4 is 11.1 Å². The number of rotatable bonds is 4. The van der Waals surface area contributed by atoms with Gasteiger partial charge in [0, 0.05) is 11.6 Å². The second kappa shape index (κ2) is 5.70. The number of carbonyl (C=O) groups excluding carboxylic acids is 1. The minimum atomic E-state index is -0.578. The van der Waals surface area contributed by atoms with Crippen molar-refractivity contribution >= 4 is 28.6 Å². The number of carbonyl (C=O) groups is 1. The van der Waals surface area contributed by atoms with Crippen LogP contribution >= 0.6 is 11.3 Å². The Bertz CT molecular complexity index is 640. The predicted octanol–water partition coefficient (Wildman–Crippen LogP) is 2.73. The first-order chi connectivity index (χ1) is 9.49. The Balaban J connectivity index is 2.14. The lowest BCUT2D eigenvalue weighted by Gasteiger charge is -2.12. The maximum absolute atomic E-state index is 12.1. The Morgan fingerprint density at radius 3 is 2.75 bits per heavy atom. The molecular formula is C13H13N3O3S. The van der Waals surface area contributed by atoms with E-state index >= 15 is 0 Å². The van der Waals surface area contributed by atoms with Crippen LogP contribution in [0.4, 0.5) is 11.4 Å². The molecular weight excluding hydrogens is 278 g/mol. The second-order valence-corrected chi connectivity index (χ2v) is 5.06. The minimum absolute atomic E-state index is 0.0224. The molecule has 2 rings (SSSR count). The van der Waals surface area contributed by atoms with Gasteiger partial charge in [-0.05, 0) is 41.4 Å². The molecule has 0 aliphatic carbocycles. The molecule has 0 saturated heterocycles. The molecule has 1 atom stereocenters. The highest BCUT2D eigenvalue weighted by atomic mass is 32.1. The van der Waals surface area contributed by atoms with E-state index < -0.39 is 4.92 Å². The Morgan fingerprint density at radius 1 is 1.45 bits per heavy atom. The first kappa shape index (κ1) is 14.0. The zero-order chi connectivity index (χ0) is 14.7. The lowest BCUT2D eigenvalue weighted by molar-refractivity contribution is -0.383. The maximum atomic E-state index is 12.1. The number of nitrogens with zero attached hydrogens (tertiary/aromatic N) is 1. The molecule has 0 spiro atoms. The molecule has 104 valence electrons. The molecule has 20 heavy (non-hydrogen) atoms. The van der Waals surface area contributed by atoms with E-state index in [9.17, 15) is 14.9 Å². The molecule has 6 nitrogen and oxygen atoms in total. The Labute approximate surface area is 119 Å². The summed E-state index contributed by atoms with van der Waals surface area (Å²) < 4.78 is 0. The van der Waals surface area contributed by atoms with Crippen molar-refractivity contribution in [2.24, 2.45) is 0 Å². The number of hydrogen-bond acceptors (Lipinski definition) is 5. The van der Waals surface area contributed by atoms with Crippen LogP contribution in [0.2, 0.25) is 0 Å². The normalized spacial score (nSPS) is 11.8. The summed E-state index contributed by atoms with van der Waals surface area (Å²) in [6, 6.07) is 5.74. The average Bonchev–Trinajstić information content (AvgIpc) is 2.91. The average molecular weight is 291 g/mol. The van der Waals surface area contributed by atoms with Crippen molar-refractivity contribution in [3.05, 3.63) is 56.3 Å². The second-order valence-electron chi connectivity index (χ2n) is 4.28. The van der Waals surface area contributed by atoms with Crippen molar-refractivity contribution in [1.82, 2.24) is 5.32 Å². The molecule has 2 aromatic rings. The van der Waals surface area contributed by atoms with Crippen LogP contribution in [0.3, 0.4) is 0 Å². The molecule has 7 heteroatoms. The van der Waals surface area contributed by atoms with E-state index in [2.05, 4.69) is 5.32 Å². The molecule has 0 aliphatic rings. The van der Waals surface area contributed by atoms with Gasteiger partial charge in [0.1, 0.15) is 5.69 Å². The van der Waals surface area contributed by atoms with E-state index in [1.54, 1.807) is 11.3 Å². The van der Waals surface area contributed by atoms with Gasteiger partial charge in [0.25, 0.3) is 11.6 Å². The van der Waals surface area contributed by atoms with Gasteiger partial charge in [0.2, 0.25) is 0 Å². The van der Waals surface area contributed by atoms with Gasteiger partial charge in [0.05, 0.1) is 11.0 Å². The topological polar surface area (TPSA) is 98.3 Å². The minimum Gasteiger partial charge on any atom is -0.393 e. The highest BCUT2D eigenvalue weighted by Gasteiger charge is 2.16. The number of anilines is 1. The molecule has 1 aromatic carbocycles. The number of nitrogens with one attached hydrogen (secondary N) is 1. The SMILES string of the molecule is CC(NC(=O)c1ccc([N+](=O)[O-])c(N)c1)c1ccsc1. The summed E-state index contributed by atoms with van der Waals surface area (Å²) in [6.45, 7) is 1.87. The number of benzene rings is 1. The smallest absolute Gasteiger partial charge is 0.292 e. The third-order valence-electron chi connectivity index (χ3n) is 2.88. The quantitative estimate of drug-likeness (QED) is 0.514. The van der Waals surface area contributed by atoms with Crippen molar-refractivity contribution in [1.29, 1.82) is 0 Å². The molecule has 0 saturated carbocycles. The van der Waals surface area contributed by atoms with Crippen molar-refractivity contribution in [2.45, 2.75) is 13.0 Å². The highest BCUT2D eigenvalue weighted by molar-refractivity contribution is 7.07. The van der Waals surface area contributed by atoms with Crippen molar-refractivity contribution < 1.29 is 9.72 Å². The maximum Gasteiger partial charge on any atom is 0.292 e. The zero-order valence-corrected chi connectivity index (χ0v) is 11.5. The standard InChI is InChI=1S/C13H13N3O3S/c1-8(10-4-5-20-7-10)15-13(17)9-2-3-12(16(18)19)11(14)6-9/h2-8H,14H2,1H3,(H,15,17). The highest BCUT2D eigenvalue weighted by Crippen LogP contribution is 2.22. The number of nitro groups is 1. The van der Waals surface area contributed by atoms with Gasteiger partial charge in [-0.3, -0.25) is 14.9 Å². The number of hydrogen-bond donors (Lipinski definition) is 2. The summed E-state index contributed by atoms with van der Waals surface area (Å²) in [6.07, 6.45) is 0.